The fourth-order valence-corrected chi connectivity index (χ4v) is 2.12. The molecular formula is C16H24N2O. The van der Waals surface area contributed by atoms with Crippen molar-refractivity contribution >= 4 is 11.1 Å². The van der Waals surface area contributed by atoms with Gasteiger partial charge in [-0.2, -0.15) is 0 Å². The van der Waals surface area contributed by atoms with Gasteiger partial charge in [0.25, 0.3) is 0 Å². The lowest BCUT2D eigenvalue weighted by molar-refractivity contribution is 0.503. The summed E-state index contributed by atoms with van der Waals surface area (Å²) in [4.78, 5) is 4.58. The van der Waals surface area contributed by atoms with Gasteiger partial charge in [0.15, 0.2) is 11.5 Å². The molecule has 3 heteroatoms. The van der Waals surface area contributed by atoms with Gasteiger partial charge in [0, 0.05) is 12.5 Å². The van der Waals surface area contributed by atoms with Crippen LogP contribution in [-0.2, 0) is 11.8 Å². The highest BCUT2D eigenvalue weighted by atomic mass is 16.3. The number of rotatable bonds is 4. The van der Waals surface area contributed by atoms with Gasteiger partial charge in [-0.25, -0.2) is 4.98 Å². The largest absolute Gasteiger partial charge is 0.441 e. The van der Waals surface area contributed by atoms with Crippen molar-refractivity contribution in [2.75, 3.05) is 0 Å². The van der Waals surface area contributed by atoms with E-state index < -0.39 is 0 Å². The lowest BCUT2D eigenvalue weighted by Crippen LogP contribution is -2.14. The van der Waals surface area contributed by atoms with Gasteiger partial charge in [-0.1, -0.05) is 26.8 Å². The molecule has 2 rings (SSSR count). The molecule has 2 N–H and O–H groups in total. The molecule has 0 saturated heterocycles. The van der Waals surface area contributed by atoms with Gasteiger partial charge in [-0.3, -0.25) is 0 Å². The molecule has 0 fully saturated rings. The molecule has 0 saturated carbocycles. The van der Waals surface area contributed by atoms with Crippen molar-refractivity contribution < 1.29 is 4.42 Å². The van der Waals surface area contributed by atoms with Gasteiger partial charge < -0.3 is 10.2 Å². The monoisotopic (exact) mass is 260 g/mol. The van der Waals surface area contributed by atoms with E-state index in [0.29, 0.717) is 0 Å². The molecule has 0 amide bonds. The van der Waals surface area contributed by atoms with Crippen LogP contribution in [0.5, 0.6) is 0 Å². The zero-order valence-electron chi connectivity index (χ0n) is 12.4. The maximum atomic E-state index is 5.77. The summed E-state index contributed by atoms with van der Waals surface area (Å²) in [6, 6.07) is 6.53. The normalized spacial score (nSPS) is 13.9. The third kappa shape index (κ3) is 3.57. The molecule has 2 aromatic rings. The van der Waals surface area contributed by atoms with Crippen molar-refractivity contribution in [2.45, 2.75) is 58.4 Å². The molecule has 1 aromatic carbocycles. The molecule has 0 aliphatic carbocycles. The molecule has 1 atom stereocenters. The third-order valence-corrected chi connectivity index (χ3v) is 3.35. The molecule has 0 bridgehead atoms. The van der Waals surface area contributed by atoms with Crippen molar-refractivity contribution in [3.63, 3.8) is 0 Å². The zero-order valence-corrected chi connectivity index (χ0v) is 12.4. The highest BCUT2D eigenvalue weighted by molar-refractivity contribution is 5.73. The van der Waals surface area contributed by atoms with Crippen molar-refractivity contribution in [1.82, 2.24) is 4.98 Å². The highest BCUT2D eigenvalue weighted by Crippen LogP contribution is 2.26. The number of fused-ring (bicyclic) bond motifs is 1. The maximum Gasteiger partial charge on any atom is 0.195 e. The lowest BCUT2D eigenvalue weighted by atomic mass is 9.87. The Bertz CT molecular complexity index is 549. The fourth-order valence-electron chi connectivity index (χ4n) is 2.12. The maximum absolute atomic E-state index is 5.77. The number of aryl methyl sites for hydroxylation is 1. The molecule has 0 radical (unpaired) electrons. The van der Waals surface area contributed by atoms with E-state index in [9.17, 15) is 0 Å². The van der Waals surface area contributed by atoms with E-state index in [-0.39, 0.29) is 11.5 Å². The first kappa shape index (κ1) is 14.1. The Labute approximate surface area is 115 Å². The van der Waals surface area contributed by atoms with Crippen LogP contribution in [0.1, 0.15) is 52.0 Å². The van der Waals surface area contributed by atoms with Crippen LogP contribution in [0.15, 0.2) is 22.6 Å². The molecule has 104 valence electrons. The summed E-state index contributed by atoms with van der Waals surface area (Å²) < 4.78 is 5.77. The summed E-state index contributed by atoms with van der Waals surface area (Å²) in [6.07, 6.45) is 2.89. The van der Waals surface area contributed by atoms with E-state index >= 15 is 0 Å². The van der Waals surface area contributed by atoms with Gasteiger partial charge in [0.1, 0.15) is 5.52 Å². The number of hydrogen-bond acceptors (Lipinski definition) is 3. The minimum absolute atomic E-state index is 0.141. The first-order valence-corrected chi connectivity index (χ1v) is 7.02. The average Bonchev–Trinajstić information content (AvgIpc) is 2.68. The van der Waals surface area contributed by atoms with E-state index in [2.05, 4.69) is 37.9 Å². The SMILES string of the molecule is CC(N)CCCc1nc2cc(C(C)(C)C)ccc2o1. The molecule has 0 aliphatic rings. The van der Waals surface area contributed by atoms with Gasteiger partial charge in [-0.15, -0.1) is 0 Å². The molecule has 0 spiro atoms. The molecule has 3 nitrogen and oxygen atoms in total. The summed E-state index contributed by atoms with van der Waals surface area (Å²) in [5.41, 5.74) is 9.02. The van der Waals surface area contributed by atoms with Crippen molar-refractivity contribution in [1.29, 1.82) is 0 Å². The third-order valence-electron chi connectivity index (χ3n) is 3.35. The molecular weight excluding hydrogens is 236 g/mol. The molecule has 1 heterocycles. The van der Waals surface area contributed by atoms with E-state index in [1.54, 1.807) is 0 Å². The Morgan fingerprint density at radius 2 is 2.05 bits per heavy atom. The van der Waals surface area contributed by atoms with Crippen molar-refractivity contribution in [2.24, 2.45) is 5.73 Å². The minimum atomic E-state index is 0.141. The van der Waals surface area contributed by atoms with E-state index in [1.165, 1.54) is 5.56 Å². The summed E-state index contributed by atoms with van der Waals surface area (Å²) in [5.74, 6) is 0.821. The summed E-state index contributed by atoms with van der Waals surface area (Å²) in [5, 5.41) is 0. The highest BCUT2D eigenvalue weighted by Gasteiger charge is 2.15. The molecule has 1 aromatic heterocycles. The summed E-state index contributed by atoms with van der Waals surface area (Å²) in [7, 11) is 0. The number of aromatic nitrogens is 1. The van der Waals surface area contributed by atoms with Crippen molar-refractivity contribution in [3.8, 4) is 0 Å². The van der Waals surface area contributed by atoms with Crippen LogP contribution in [0.25, 0.3) is 11.1 Å². The van der Waals surface area contributed by atoms with Crippen LogP contribution in [0.2, 0.25) is 0 Å². The lowest BCUT2D eigenvalue weighted by Gasteiger charge is -2.18. The van der Waals surface area contributed by atoms with Crippen molar-refractivity contribution in [3.05, 3.63) is 29.7 Å². The molecule has 19 heavy (non-hydrogen) atoms. The zero-order chi connectivity index (χ0) is 14.0. The second-order valence-corrected chi connectivity index (χ2v) is 6.41. The Hall–Kier alpha value is -1.35. The summed E-state index contributed by atoms with van der Waals surface area (Å²) in [6.45, 7) is 8.65. The van der Waals surface area contributed by atoms with E-state index in [4.69, 9.17) is 10.2 Å². The smallest absolute Gasteiger partial charge is 0.195 e. The number of hydrogen-bond donors (Lipinski definition) is 1. The number of oxazole rings is 1. The molecule has 0 aliphatic heterocycles. The quantitative estimate of drug-likeness (QED) is 0.909. The van der Waals surface area contributed by atoms with Gasteiger partial charge in [0.2, 0.25) is 0 Å². The summed E-state index contributed by atoms with van der Waals surface area (Å²) >= 11 is 0. The Morgan fingerprint density at radius 1 is 1.32 bits per heavy atom. The number of benzene rings is 1. The second kappa shape index (κ2) is 5.33. The number of nitrogens with zero attached hydrogens (tertiary/aromatic N) is 1. The van der Waals surface area contributed by atoms with E-state index in [1.807, 2.05) is 13.0 Å². The predicted octanol–water partition coefficient (Wildman–Crippen LogP) is 3.80. The molecule has 1 unspecified atom stereocenters. The van der Waals surface area contributed by atoms with Crippen LogP contribution < -0.4 is 5.73 Å². The van der Waals surface area contributed by atoms with E-state index in [0.717, 1.165) is 36.3 Å². The van der Waals surface area contributed by atoms with Crippen LogP contribution in [0.4, 0.5) is 0 Å². The average molecular weight is 260 g/mol. The first-order valence-electron chi connectivity index (χ1n) is 7.02. The van der Waals surface area contributed by atoms with Gasteiger partial charge >= 0.3 is 0 Å². The van der Waals surface area contributed by atoms with Gasteiger partial charge in [0.05, 0.1) is 0 Å². The number of nitrogens with two attached hydrogens (primary N) is 1. The second-order valence-electron chi connectivity index (χ2n) is 6.41. The fraction of sp³-hybridized carbons (Fsp3) is 0.562. The Balaban J connectivity index is 2.16. The van der Waals surface area contributed by atoms with Crippen LogP contribution >= 0.6 is 0 Å². The van der Waals surface area contributed by atoms with Crippen LogP contribution in [0, 0.1) is 0 Å². The van der Waals surface area contributed by atoms with Crippen LogP contribution in [0.3, 0.4) is 0 Å². The topological polar surface area (TPSA) is 52.0 Å². The van der Waals surface area contributed by atoms with Crippen LogP contribution in [-0.4, -0.2) is 11.0 Å². The minimum Gasteiger partial charge on any atom is -0.441 e. The van der Waals surface area contributed by atoms with Gasteiger partial charge in [-0.05, 0) is 42.9 Å². The Morgan fingerprint density at radius 3 is 2.68 bits per heavy atom. The Kier molecular flexibility index (Phi) is 3.95. The predicted molar refractivity (Wildman–Crippen MR) is 79.3 cm³/mol. The standard InChI is InChI=1S/C16H24N2O/c1-11(17)6-5-7-15-18-13-10-12(16(2,3)4)8-9-14(13)19-15/h8-11H,5-7,17H2,1-4H3. The first-order chi connectivity index (χ1) is 8.86.